The van der Waals surface area contributed by atoms with Crippen molar-refractivity contribution in [2.45, 2.75) is 40.2 Å². The van der Waals surface area contributed by atoms with Gasteiger partial charge in [0.25, 0.3) is 0 Å². The zero-order valence-corrected chi connectivity index (χ0v) is 12.7. The lowest BCUT2D eigenvalue weighted by atomic mass is 10.1. The van der Waals surface area contributed by atoms with Gasteiger partial charge in [0.15, 0.2) is 0 Å². The second kappa shape index (κ2) is 5.91. The number of aromatic nitrogens is 2. The maximum absolute atomic E-state index is 5.79. The Bertz CT molecular complexity index is 514. The smallest absolute Gasteiger partial charge is 0.0999 e. The van der Waals surface area contributed by atoms with Crippen molar-refractivity contribution in [1.82, 2.24) is 9.97 Å². The molecule has 0 saturated carbocycles. The molecule has 5 heteroatoms. The van der Waals surface area contributed by atoms with Gasteiger partial charge in [0.2, 0.25) is 0 Å². The number of hydrogen-bond donors (Lipinski definition) is 1. The normalized spacial score (nSPS) is 11.4. The van der Waals surface area contributed by atoms with Crippen LogP contribution in [-0.2, 0) is 19.4 Å². The molecule has 0 aliphatic rings. The Morgan fingerprint density at radius 1 is 1.28 bits per heavy atom. The van der Waals surface area contributed by atoms with E-state index in [2.05, 4.69) is 24.2 Å². The van der Waals surface area contributed by atoms with Gasteiger partial charge in [-0.05, 0) is 19.3 Å². The molecule has 0 bridgehead atoms. The summed E-state index contributed by atoms with van der Waals surface area (Å²) in [6.07, 6.45) is 1.86. The molecule has 0 aromatic carbocycles. The van der Waals surface area contributed by atoms with Gasteiger partial charge < -0.3 is 5.73 Å². The monoisotopic (exact) mass is 281 g/mol. The van der Waals surface area contributed by atoms with Crippen molar-refractivity contribution >= 4 is 22.7 Å². The molecule has 0 atom stereocenters. The molecule has 98 valence electrons. The van der Waals surface area contributed by atoms with E-state index in [-0.39, 0.29) is 0 Å². The third kappa shape index (κ3) is 3.37. The summed E-state index contributed by atoms with van der Waals surface area (Å²) in [5.41, 5.74) is 8.07. The standard InChI is InChI=1S/C13H19N3S2/c1-8(2)4-10-11(6-14)18-13(16-10)5-12-15-9(3)7-17-12/h7-8H,4-6,14H2,1-3H3. The molecule has 0 amide bonds. The molecule has 0 saturated heterocycles. The molecule has 2 aromatic heterocycles. The molecule has 0 aliphatic carbocycles. The van der Waals surface area contributed by atoms with Crippen LogP contribution in [-0.4, -0.2) is 9.97 Å². The predicted molar refractivity (Wildman–Crippen MR) is 78.2 cm³/mol. The molecule has 3 nitrogen and oxygen atoms in total. The number of thiazole rings is 2. The predicted octanol–water partition coefficient (Wildman–Crippen LogP) is 3.16. The summed E-state index contributed by atoms with van der Waals surface area (Å²) in [5.74, 6) is 0.618. The van der Waals surface area contributed by atoms with E-state index in [1.165, 1.54) is 10.6 Å². The molecule has 2 aromatic rings. The van der Waals surface area contributed by atoms with Crippen LogP contribution in [0.5, 0.6) is 0 Å². The first-order valence-corrected chi connectivity index (χ1v) is 7.86. The lowest BCUT2D eigenvalue weighted by Crippen LogP contribution is -2.02. The first-order valence-electron chi connectivity index (χ1n) is 6.17. The van der Waals surface area contributed by atoms with Gasteiger partial charge in [0.05, 0.1) is 22.1 Å². The summed E-state index contributed by atoms with van der Waals surface area (Å²) in [6, 6.07) is 0. The van der Waals surface area contributed by atoms with Gasteiger partial charge in [-0.2, -0.15) is 0 Å². The van der Waals surface area contributed by atoms with Crippen molar-refractivity contribution in [2.24, 2.45) is 11.7 Å². The summed E-state index contributed by atoms with van der Waals surface area (Å²) in [6.45, 7) is 7.04. The van der Waals surface area contributed by atoms with Crippen LogP contribution in [0, 0.1) is 12.8 Å². The first-order chi connectivity index (χ1) is 8.58. The van der Waals surface area contributed by atoms with Crippen molar-refractivity contribution in [3.8, 4) is 0 Å². The number of aryl methyl sites for hydroxylation is 1. The quantitative estimate of drug-likeness (QED) is 0.916. The second-order valence-corrected chi connectivity index (χ2v) is 6.95. The van der Waals surface area contributed by atoms with E-state index in [1.807, 2.05) is 6.92 Å². The Hall–Kier alpha value is -0.780. The SMILES string of the molecule is Cc1csc(Cc2nc(CC(C)C)c(CN)s2)n1. The summed E-state index contributed by atoms with van der Waals surface area (Å²) in [7, 11) is 0. The van der Waals surface area contributed by atoms with Crippen LogP contribution in [0.2, 0.25) is 0 Å². The van der Waals surface area contributed by atoms with Crippen molar-refractivity contribution in [2.75, 3.05) is 0 Å². The van der Waals surface area contributed by atoms with Crippen LogP contribution in [0.25, 0.3) is 0 Å². The molecular formula is C13H19N3S2. The van der Waals surface area contributed by atoms with Crippen LogP contribution in [0.1, 0.15) is 40.1 Å². The largest absolute Gasteiger partial charge is 0.326 e. The maximum atomic E-state index is 5.79. The van der Waals surface area contributed by atoms with Crippen molar-refractivity contribution in [3.63, 3.8) is 0 Å². The third-order valence-corrected chi connectivity index (χ3v) is 4.67. The Balaban J connectivity index is 2.16. The van der Waals surface area contributed by atoms with Crippen molar-refractivity contribution < 1.29 is 0 Å². The molecule has 0 spiro atoms. The molecular weight excluding hydrogens is 262 g/mol. The highest BCUT2D eigenvalue weighted by atomic mass is 32.1. The molecule has 2 heterocycles. The van der Waals surface area contributed by atoms with Crippen LogP contribution < -0.4 is 5.73 Å². The van der Waals surface area contributed by atoms with Gasteiger partial charge in [0.1, 0.15) is 0 Å². The van der Waals surface area contributed by atoms with E-state index in [0.717, 1.165) is 28.6 Å². The number of nitrogens with zero attached hydrogens (tertiary/aromatic N) is 2. The summed E-state index contributed by atoms with van der Waals surface area (Å²) >= 11 is 3.44. The topological polar surface area (TPSA) is 51.8 Å². The van der Waals surface area contributed by atoms with Gasteiger partial charge in [0, 0.05) is 22.5 Å². The minimum atomic E-state index is 0.594. The summed E-state index contributed by atoms with van der Waals surface area (Å²) in [4.78, 5) is 10.4. The molecule has 0 unspecified atom stereocenters. The van der Waals surface area contributed by atoms with E-state index >= 15 is 0 Å². The van der Waals surface area contributed by atoms with E-state index in [1.54, 1.807) is 22.7 Å². The maximum Gasteiger partial charge on any atom is 0.0999 e. The number of hydrogen-bond acceptors (Lipinski definition) is 5. The average molecular weight is 281 g/mol. The fraction of sp³-hybridized carbons (Fsp3) is 0.538. The zero-order valence-electron chi connectivity index (χ0n) is 11.1. The van der Waals surface area contributed by atoms with Crippen molar-refractivity contribution in [1.29, 1.82) is 0 Å². The van der Waals surface area contributed by atoms with E-state index in [9.17, 15) is 0 Å². The molecule has 2 rings (SSSR count). The van der Waals surface area contributed by atoms with Crippen LogP contribution in [0.15, 0.2) is 5.38 Å². The first kappa shape index (κ1) is 13.6. The molecule has 0 fully saturated rings. The fourth-order valence-electron chi connectivity index (χ4n) is 1.83. The van der Waals surface area contributed by atoms with Gasteiger partial charge in [-0.3, -0.25) is 0 Å². The third-order valence-electron chi connectivity index (χ3n) is 2.58. The summed E-state index contributed by atoms with van der Waals surface area (Å²) in [5, 5.41) is 4.36. The fourth-order valence-corrected chi connectivity index (χ4v) is 3.68. The second-order valence-electron chi connectivity index (χ2n) is 4.84. The van der Waals surface area contributed by atoms with Crippen molar-refractivity contribution in [3.05, 3.63) is 31.7 Å². The number of nitrogens with two attached hydrogens (primary N) is 1. The zero-order chi connectivity index (χ0) is 13.1. The van der Waals surface area contributed by atoms with Gasteiger partial charge in [-0.15, -0.1) is 22.7 Å². The van der Waals surface area contributed by atoms with E-state index in [4.69, 9.17) is 10.7 Å². The Morgan fingerprint density at radius 3 is 2.61 bits per heavy atom. The van der Waals surface area contributed by atoms with E-state index in [0.29, 0.717) is 12.5 Å². The van der Waals surface area contributed by atoms with Gasteiger partial charge >= 0.3 is 0 Å². The Kier molecular flexibility index (Phi) is 4.48. The van der Waals surface area contributed by atoms with Crippen LogP contribution in [0.4, 0.5) is 0 Å². The van der Waals surface area contributed by atoms with Gasteiger partial charge in [-0.25, -0.2) is 9.97 Å². The average Bonchev–Trinajstić information content (AvgIpc) is 2.85. The highest BCUT2D eigenvalue weighted by Gasteiger charge is 2.12. The molecule has 18 heavy (non-hydrogen) atoms. The lowest BCUT2D eigenvalue weighted by molar-refractivity contribution is 0.632. The highest BCUT2D eigenvalue weighted by molar-refractivity contribution is 7.12. The number of rotatable bonds is 5. The van der Waals surface area contributed by atoms with Crippen LogP contribution >= 0.6 is 22.7 Å². The minimum Gasteiger partial charge on any atom is -0.326 e. The van der Waals surface area contributed by atoms with Gasteiger partial charge in [-0.1, -0.05) is 13.8 Å². The molecule has 2 N–H and O–H groups in total. The highest BCUT2D eigenvalue weighted by Crippen LogP contribution is 2.24. The Morgan fingerprint density at radius 2 is 2.06 bits per heavy atom. The molecule has 0 radical (unpaired) electrons. The molecule has 0 aliphatic heterocycles. The van der Waals surface area contributed by atoms with Crippen LogP contribution in [0.3, 0.4) is 0 Å². The Labute approximate surface area is 116 Å². The van der Waals surface area contributed by atoms with E-state index < -0.39 is 0 Å². The lowest BCUT2D eigenvalue weighted by Gasteiger charge is -2.02. The summed E-state index contributed by atoms with van der Waals surface area (Å²) < 4.78 is 0. The minimum absolute atomic E-state index is 0.594.